The van der Waals surface area contributed by atoms with Gasteiger partial charge in [0.25, 0.3) is 0 Å². The monoisotopic (exact) mass is 248 g/mol. The molecular formula is C13H20N4O. The third-order valence-electron chi connectivity index (χ3n) is 2.97. The maximum atomic E-state index is 11.5. The van der Waals surface area contributed by atoms with Crippen LogP contribution in [0.5, 0.6) is 0 Å². The Bertz CT molecular complexity index is 419. The highest BCUT2D eigenvalue weighted by molar-refractivity contribution is 5.78. The molecule has 1 aliphatic rings. The zero-order valence-corrected chi connectivity index (χ0v) is 11.0. The van der Waals surface area contributed by atoms with Crippen molar-refractivity contribution in [2.75, 3.05) is 19.6 Å². The van der Waals surface area contributed by atoms with Crippen molar-refractivity contribution in [3.8, 4) is 0 Å². The molecule has 0 unspecified atom stereocenters. The Morgan fingerprint density at radius 1 is 1.50 bits per heavy atom. The van der Waals surface area contributed by atoms with E-state index in [1.54, 1.807) is 6.20 Å². The highest BCUT2D eigenvalue weighted by atomic mass is 16.2. The lowest BCUT2D eigenvalue weighted by Crippen LogP contribution is -2.33. The molecule has 5 heteroatoms. The molecule has 0 bridgehead atoms. The van der Waals surface area contributed by atoms with Gasteiger partial charge in [-0.1, -0.05) is 13.8 Å². The summed E-state index contributed by atoms with van der Waals surface area (Å²) in [5.74, 6) is 1.30. The number of rotatable bonds is 3. The second-order valence-electron chi connectivity index (χ2n) is 4.98. The molecule has 0 atom stereocenters. The minimum Gasteiger partial charge on any atom is -0.355 e. The molecule has 0 radical (unpaired) electrons. The summed E-state index contributed by atoms with van der Waals surface area (Å²) < 4.78 is 0. The molecule has 2 heterocycles. The van der Waals surface area contributed by atoms with Gasteiger partial charge in [-0.05, 0) is 12.5 Å². The van der Waals surface area contributed by atoms with E-state index in [1.165, 1.54) is 0 Å². The van der Waals surface area contributed by atoms with Gasteiger partial charge in [-0.15, -0.1) is 0 Å². The maximum absolute atomic E-state index is 11.5. The molecule has 0 spiro atoms. The molecule has 1 fully saturated rings. The number of nitrogens with one attached hydrogen (secondary N) is 1. The van der Waals surface area contributed by atoms with Crippen LogP contribution in [-0.4, -0.2) is 40.4 Å². The molecule has 18 heavy (non-hydrogen) atoms. The molecule has 0 saturated carbocycles. The molecule has 5 nitrogen and oxygen atoms in total. The van der Waals surface area contributed by atoms with Crippen LogP contribution in [0.3, 0.4) is 0 Å². The van der Waals surface area contributed by atoms with Gasteiger partial charge in [0.05, 0.1) is 12.2 Å². The number of aromatic nitrogens is 2. The van der Waals surface area contributed by atoms with Crippen molar-refractivity contribution < 1.29 is 4.79 Å². The third-order valence-corrected chi connectivity index (χ3v) is 2.97. The van der Waals surface area contributed by atoms with Crippen LogP contribution in [0, 0.1) is 0 Å². The van der Waals surface area contributed by atoms with Crippen LogP contribution in [-0.2, 0) is 11.3 Å². The van der Waals surface area contributed by atoms with Crippen LogP contribution >= 0.6 is 0 Å². The standard InChI is InChI=1S/C13H20N4O/c1-10(2)13-15-6-4-11(16-13)8-17-7-3-5-14-12(18)9-17/h4,6,10H,3,5,7-9H2,1-2H3,(H,14,18). The molecular weight excluding hydrogens is 228 g/mol. The van der Waals surface area contributed by atoms with E-state index in [4.69, 9.17) is 0 Å². The van der Waals surface area contributed by atoms with Gasteiger partial charge in [-0.2, -0.15) is 0 Å². The summed E-state index contributed by atoms with van der Waals surface area (Å²) in [6.07, 6.45) is 2.80. The number of amides is 1. The van der Waals surface area contributed by atoms with Gasteiger partial charge in [0, 0.05) is 31.7 Å². The van der Waals surface area contributed by atoms with E-state index < -0.39 is 0 Å². The summed E-state index contributed by atoms with van der Waals surface area (Å²) in [6, 6.07) is 1.93. The van der Waals surface area contributed by atoms with Crippen LogP contribution in [0.4, 0.5) is 0 Å². The van der Waals surface area contributed by atoms with Crippen LogP contribution < -0.4 is 5.32 Å². The molecule has 1 amide bonds. The van der Waals surface area contributed by atoms with Gasteiger partial charge < -0.3 is 5.32 Å². The van der Waals surface area contributed by atoms with Crippen LogP contribution in [0.25, 0.3) is 0 Å². The summed E-state index contributed by atoms with van der Waals surface area (Å²) >= 11 is 0. The molecule has 1 N–H and O–H groups in total. The number of hydrogen-bond donors (Lipinski definition) is 1. The zero-order valence-electron chi connectivity index (χ0n) is 11.0. The Kier molecular flexibility index (Phi) is 4.25. The van der Waals surface area contributed by atoms with E-state index >= 15 is 0 Å². The molecule has 1 aliphatic heterocycles. The van der Waals surface area contributed by atoms with Crippen molar-refractivity contribution in [3.63, 3.8) is 0 Å². The van der Waals surface area contributed by atoms with Gasteiger partial charge in [0.2, 0.25) is 5.91 Å². The average Bonchev–Trinajstić information content (AvgIpc) is 2.54. The lowest BCUT2D eigenvalue weighted by atomic mass is 10.2. The molecule has 1 saturated heterocycles. The second kappa shape index (κ2) is 5.91. The lowest BCUT2D eigenvalue weighted by molar-refractivity contribution is -0.121. The normalized spacial score (nSPS) is 17.6. The molecule has 2 rings (SSSR count). The summed E-state index contributed by atoms with van der Waals surface area (Å²) in [5.41, 5.74) is 0.989. The fraction of sp³-hybridized carbons (Fsp3) is 0.615. The quantitative estimate of drug-likeness (QED) is 0.864. The van der Waals surface area contributed by atoms with Gasteiger partial charge in [-0.3, -0.25) is 9.69 Å². The molecule has 98 valence electrons. The predicted molar refractivity (Wildman–Crippen MR) is 69.0 cm³/mol. The van der Waals surface area contributed by atoms with E-state index in [2.05, 4.69) is 34.0 Å². The van der Waals surface area contributed by atoms with Gasteiger partial charge in [-0.25, -0.2) is 9.97 Å². The summed E-state index contributed by atoms with van der Waals surface area (Å²) in [5, 5.41) is 2.88. The first-order valence-electron chi connectivity index (χ1n) is 6.46. The first-order chi connectivity index (χ1) is 8.65. The Hall–Kier alpha value is -1.49. The first-order valence-corrected chi connectivity index (χ1v) is 6.46. The Balaban J connectivity index is 2.03. The fourth-order valence-corrected chi connectivity index (χ4v) is 2.01. The van der Waals surface area contributed by atoms with Crippen molar-refractivity contribution in [2.45, 2.75) is 32.7 Å². The van der Waals surface area contributed by atoms with Gasteiger partial charge in [0.1, 0.15) is 5.82 Å². The minimum absolute atomic E-state index is 0.102. The van der Waals surface area contributed by atoms with E-state index in [0.29, 0.717) is 12.5 Å². The SMILES string of the molecule is CC(C)c1nccc(CN2CCCNC(=O)C2)n1. The first kappa shape index (κ1) is 13.0. The Morgan fingerprint density at radius 3 is 3.11 bits per heavy atom. The zero-order chi connectivity index (χ0) is 13.0. The number of hydrogen-bond acceptors (Lipinski definition) is 4. The van der Waals surface area contributed by atoms with Crippen LogP contribution in [0.15, 0.2) is 12.3 Å². The van der Waals surface area contributed by atoms with E-state index in [0.717, 1.165) is 37.6 Å². The second-order valence-corrected chi connectivity index (χ2v) is 4.98. The lowest BCUT2D eigenvalue weighted by Gasteiger charge is -2.18. The van der Waals surface area contributed by atoms with E-state index in [1.807, 2.05) is 6.07 Å². The van der Waals surface area contributed by atoms with Crippen molar-refractivity contribution >= 4 is 5.91 Å². The summed E-state index contributed by atoms with van der Waals surface area (Å²) in [6.45, 7) is 7.05. The minimum atomic E-state index is 0.102. The van der Waals surface area contributed by atoms with Gasteiger partial charge in [0.15, 0.2) is 0 Å². The Labute approximate surface area is 108 Å². The van der Waals surface area contributed by atoms with Crippen molar-refractivity contribution in [1.82, 2.24) is 20.2 Å². The highest BCUT2D eigenvalue weighted by Crippen LogP contribution is 2.10. The summed E-state index contributed by atoms with van der Waals surface area (Å²) in [4.78, 5) is 22.4. The highest BCUT2D eigenvalue weighted by Gasteiger charge is 2.15. The van der Waals surface area contributed by atoms with Gasteiger partial charge >= 0.3 is 0 Å². The smallest absolute Gasteiger partial charge is 0.234 e. The van der Waals surface area contributed by atoms with Crippen LogP contribution in [0.1, 0.15) is 37.7 Å². The largest absolute Gasteiger partial charge is 0.355 e. The number of carbonyl (C=O) groups is 1. The molecule has 1 aromatic rings. The molecule has 0 aromatic carbocycles. The molecule has 0 aliphatic carbocycles. The molecule has 1 aromatic heterocycles. The maximum Gasteiger partial charge on any atom is 0.234 e. The Morgan fingerprint density at radius 2 is 2.33 bits per heavy atom. The van der Waals surface area contributed by atoms with Crippen molar-refractivity contribution in [2.24, 2.45) is 0 Å². The van der Waals surface area contributed by atoms with E-state index in [9.17, 15) is 4.79 Å². The predicted octanol–water partition coefficient (Wildman–Crippen LogP) is 0.922. The van der Waals surface area contributed by atoms with E-state index in [-0.39, 0.29) is 5.91 Å². The number of carbonyl (C=O) groups excluding carboxylic acids is 1. The summed E-state index contributed by atoms with van der Waals surface area (Å²) in [7, 11) is 0. The third kappa shape index (κ3) is 3.50. The van der Waals surface area contributed by atoms with Crippen LogP contribution in [0.2, 0.25) is 0 Å². The van der Waals surface area contributed by atoms with Crippen molar-refractivity contribution in [3.05, 3.63) is 23.8 Å². The topological polar surface area (TPSA) is 58.1 Å². The average molecular weight is 248 g/mol. The number of nitrogens with zero attached hydrogens (tertiary/aromatic N) is 3. The fourth-order valence-electron chi connectivity index (χ4n) is 2.01. The van der Waals surface area contributed by atoms with Crippen molar-refractivity contribution in [1.29, 1.82) is 0 Å².